The zero-order valence-corrected chi connectivity index (χ0v) is 21.1. The molecule has 0 spiro atoms. The third-order valence-electron chi connectivity index (χ3n) is 5.59. The van der Waals surface area contributed by atoms with Crippen LogP contribution < -0.4 is 10.1 Å². The number of anilines is 1. The fourth-order valence-electron chi connectivity index (χ4n) is 3.72. The molecular weight excluding hydrogens is 450 g/mol. The van der Waals surface area contributed by atoms with Crippen LogP contribution in [0.4, 0.5) is 5.82 Å². The van der Waals surface area contributed by atoms with E-state index in [0.717, 1.165) is 16.5 Å². The quantitative estimate of drug-likeness (QED) is 0.403. The monoisotopic (exact) mass is 479 g/mol. The number of aromatic nitrogens is 4. The van der Waals surface area contributed by atoms with Crippen molar-refractivity contribution in [3.05, 3.63) is 63.9 Å². The molecule has 1 N–H and O–H groups in total. The van der Waals surface area contributed by atoms with E-state index in [4.69, 9.17) is 9.47 Å². The van der Waals surface area contributed by atoms with Crippen LogP contribution in [0.15, 0.2) is 36.5 Å². The topological polar surface area (TPSA) is 91.2 Å². The number of thiophene rings is 1. The summed E-state index contributed by atoms with van der Waals surface area (Å²) in [6.45, 7) is 9.28. The van der Waals surface area contributed by atoms with E-state index >= 15 is 0 Å². The molecule has 1 amide bonds. The summed E-state index contributed by atoms with van der Waals surface area (Å²) in [4.78, 5) is 23.4. The average Bonchev–Trinajstić information content (AvgIpc) is 3.37. The molecule has 8 nitrogen and oxygen atoms in total. The number of methoxy groups -OCH3 is 2. The molecule has 0 unspecified atom stereocenters. The van der Waals surface area contributed by atoms with Crippen molar-refractivity contribution in [1.29, 1.82) is 0 Å². The highest BCUT2D eigenvalue weighted by Crippen LogP contribution is 2.35. The summed E-state index contributed by atoms with van der Waals surface area (Å²) in [6, 6.07) is 10.3. The fourth-order valence-corrected chi connectivity index (χ4v) is 4.81. The summed E-state index contributed by atoms with van der Waals surface area (Å²) in [5.41, 5.74) is 3.26. The molecule has 4 rings (SSSR count). The number of carbonyl (C=O) groups excluding carboxylic acids is 1. The number of aryl methyl sites for hydroxylation is 1. The van der Waals surface area contributed by atoms with Crippen molar-refractivity contribution in [1.82, 2.24) is 19.7 Å². The number of benzene rings is 1. The molecule has 9 heteroatoms. The van der Waals surface area contributed by atoms with Crippen molar-refractivity contribution in [2.24, 2.45) is 0 Å². The van der Waals surface area contributed by atoms with Gasteiger partial charge in [0.05, 0.1) is 30.1 Å². The van der Waals surface area contributed by atoms with Crippen molar-refractivity contribution in [3.8, 4) is 5.88 Å². The molecule has 178 valence electrons. The van der Waals surface area contributed by atoms with E-state index in [9.17, 15) is 4.79 Å². The first-order valence-electron chi connectivity index (χ1n) is 11.0. The van der Waals surface area contributed by atoms with Gasteiger partial charge in [0.25, 0.3) is 5.91 Å². The Hall–Kier alpha value is -3.30. The zero-order valence-electron chi connectivity index (χ0n) is 20.3. The lowest BCUT2D eigenvalue weighted by Crippen LogP contribution is -2.16. The van der Waals surface area contributed by atoms with Gasteiger partial charge < -0.3 is 14.8 Å². The molecule has 3 aromatic heterocycles. The maximum absolute atomic E-state index is 13.2. The van der Waals surface area contributed by atoms with Crippen LogP contribution in [0.3, 0.4) is 0 Å². The SMILES string of the molecule is COCc1nc(OC)c2c(C)c(C(=O)Nc3ccnn3Cc3ccc(C(C)(C)C)cc3)sc2n1. The highest BCUT2D eigenvalue weighted by Gasteiger charge is 2.22. The number of amides is 1. The van der Waals surface area contributed by atoms with Crippen LogP contribution in [0.2, 0.25) is 0 Å². The summed E-state index contributed by atoms with van der Waals surface area (Å²) in [7, 11) is 3.14. The maximum Gasteiger partial charge on any atom is 0.267 e. The van der Waals surface area contributed by atoms with E-state index in [1.165, 1.54) is 16.9 Å². The predicted molar refractivity (Wildman–Crippen MR) is 134 cm³/mol. The van der Waals surface area contributed by atoms with Gasteiger partial charge in [-0.3, -0.25) is 4.79 Å². The number of carbonyl (C=O) groups is 1. The van der Waals surface area contributed by atoms with Gasteiger partial charge in [0, 0.05) is 13.2 Å². The van der Waals surface area contributed by atoms with Crippen molar-refractivity contribution in [2.75, 3.05) is 19.5 Å². The lowest BCUT2D eigenvalue weighted by Gasteiger charge is -2.19. The molecule has 0 atom stereocenters. The third kappa shape index (κ3) is 4.80. The highest BCUT2D eigenvalue weighted by molar-refractivity contribution is 7.20. The summed E-state index contributed by atoms with van der Waals surface area (Å²) in [5, 5.41) is 8.14. The van der Waals surface area contributed by atoms with Crippen molar-refractivity contribution in [3.63, 3.8) is 0 Å². The van der Waals surface area contributed by atoms with Crippen molar-refractivity contribution >= 4 is 33.3 Å². The maximum atomic E-state index is 13.2. The van der Waals surface area contributed by atoms with E-state index in [-0.39, 0.29) is 17.9 Å². The lowest BCUT2D eigenvalue weighted by atomic mass is 9.87. The van der Waals surface area contributed by atoms with Crippen LogP contribution in [0.1, 0.15) is 53.0 Å². The van der Waals surface area contributed by atoms with Crippen molar-refractivity contribution < 1.29 is 14.3 Å². The number of rotatable bonds is 7. The van der Waals surface area contributed by atoms with Crippen molar-refractivity contribution in [2.45, 2.75) is 46.3 Å². The molecular formula is C25H29N5O3S. The Morgan fingerprint density at radius 1 is 1.12 bits per heavy atom. The number of fused-ring (bicyclic) bond motifs is 1. The molecule has 0 aliphatic heterocycles. The number of hydrogen-bond acceptors (Lipinski definition) is 7. The van der Waals surface area contributed by atoms with Gasteiger partial charge in [-0.25, -0.2) is 9.67 Å². The minimum Gasteiger partial charge on any atom is -0.480 e. The van der Waals surface area contributed by atoms with Gasteiger partial charge in [-0.05, 0) is 29.0 Å². The number of hydrogen-bond donors (Lipinski definition) is 1. The summed E-state index contributed by atoms with van der Waals surface area (Å²) in [5.74, 6) is 1.35. The third-order valence-corrected chi connectivity index (χ3v) is 6.77. The minimum atomic E-state index is -0.222. The molecule has 3 heterocycles. The first-order valence-corrected chi connectivity index (χ1v) is 11.8. The second-order valence-corrected chi connectivity index (χ2v) is 10.1. The smallest absolute Gasteiger partial charge is 0.267 e. The van der Waals surface area contributed by atoms with Crippen LogP contribution in [0.25, 0.3) is 10.2 Å². The van der Waals surface area contributed by atoms with Crippen LogP contribution in [-0.4, -0.2) is 39.9 Å². The summed E-state index contributed by atoms with van der Waals surface area (Å²) in [6.07, 6.45) is 1.68. The van der Waals surface area contributed by atoms with Gasteiger partial charge in [-0.2, -0.15) is 10.1 Å². The molecule has 0 aliphatic carbocycles. The number of nitrogens with zero attached hydrogens (tertiary/aromatic N) is 4. The summed E-state index contributed by atoms with van der Waals surface area (Å²) < 4.78 is 12.4. The standard InChI is InChI=1S/C25H29N5O3S/c1-15-20-23(33-6)27-18(14-32-5)28-24(20)34-21(15)22(31)29-19-11-12-26-30(19)13-16-7-9-17(10-8-16)25(2,3)4/h7-12H,13-14H2,1-6H3,(H,29,31). The Kier molecular flexibility index (Phi) is 6.67. The molecule has 0 aliphatic rings. The lowest BCUT2D eigenvalue weighted by molar-refractivity contribution is 0.102. The Morgan fingerprint density at radius 3 is 2.50 bits per heavy atom. The summed E-state index contributed by atoms with van der Waals surface area (Å²) >= 11 is 1.31. The molecule has 0 saturated carbocycles. The second-order valence-electron chi connectivity index (χ2n) is 9.09. The van der Waals surface area contributed by atoms with E-state index in [2.05, 4.69) is 65.4 Å². The van der Waals surface area contributed by atoms with E-state index in [1.807, 2.05) is 6.92 Å². The molecule has 34 heavy (non-hydrogen) atoms. The largest absolute Gasteiger partial charge is 0.480 e. The van der Waals surface area contributed by atoms with E-state index in [0.29, 0.717) is 33.8 Å². The Labute approximate surface area is 203 Å². The minimum absolute atomic E-state index is 0.100. The fraction of sp³-hybridized carbons (Fsp3) is 0.360. The molecule has 1 aromatic carbocycles. The predicted octanol–water partition coefficient (Wildman–Crippen LogP) is 4.95. The van der Waals surface area contributed by atoms with Gasteiger partial charge in [0.15, 0.2) is 5.82 Å². The van der Waals surface area contributed by atoms with Gasteiger partial charge >= 0.3 is 0 Å². The first kappa shape index (κ1) is 23.8. The molecule has 0 radical (unpaired) electrons. The van der Waals surface area contributed by atoms with Gasteiger partial charge in [-0.1, -0.05) is 45.0 Å². The Bertz CT molecular complexity index is 1320. The molecule has 0 saturated heterocycles. The Balaban J connectivity index is 1.57. The number of nitrogens with one attached hydrogen (secondary N) is 1. The normalized spacial score (nSPS) is 11.7. The first-order chi connectivity index (χ1) is 16.2. The van der Waals surface area contributed by atoms with Crippen LogP contribution in [-0.2, 0) is 23.3 Å². The van der Waals surface area contributed by atoms with Gasteiger partial charge in [-0.15, -0.1) is 11.3 Å². The highest BCUT2D eigenvalue weighted by atomic mass is 32.1. The Morgan fingerprint density at radius 2 is 1.85 bits per heavy atom. The van der Waals surface area contributed by atoms with Crippen LogP contribution in [0.5, 0.6) is 5.88 Å². The molecule has 0 bridgehead atoms. The van der Waals surface area contributed by atoms with Crippen LogP contribution in [0, 0.1) is 6.92 Å². The molecule has 0 fully saturated rings. The van der Waals surface area contributed by atoms with E-state index in [1.54, 1.807) is 31.2 Å². The van der Waals surface area contributed by atoms with Gasteiger partial charge in [0.1, 0.15) is 17.3 Å². The molecule has 4 aromatic rings. The average molecular weight is 480 g/mol. The number of ether oxygens (including phenoxy) is 2. The van der Waals surface area contributed by atoms with Gasteiger partial charge in [0.2, 0.25) is 5.88 Å². The van der Waals surface area contributed by atoms with Crippen LogP contribution >= 0.6 is 11.3 Å². The van der Waals surface area contributed by atoms with E-state index < -0.39 is 0 Å². The second kappa shape index (κ2) is 9.52. The zero-order chi connectivity index (χ0) is 24.5.